The average Bonchev–Trinajstić information content (AvgIpc) is 2.53. The fourth-order valence-corrected chi connectivity index (χ4v) is 3.09. The summed E-state index contributed by atoms with van der Waals surface area (Å²) in [6.45, 7) is 1.21. The van der Waals surface area contributed by atoms with Gasteiger partial charge < -0.3 is 15.0 Å². The van der Waals surface area contributed by atoms with Crippen LogP contribution in [0, 0.1) is 5.92 Å². The highest BCUT2D eigenvalue weighted by Crippen LogP contribution is 2.32. The van der Waals surface area contributed by atoms with Crippen LogP contribution in [-0.2, 0) is 16.0 Å². The van der Waals surface area contributed by atoms with E-state index in [0.29, 0.717) is 19.4 Å². The monoisotopic (exact) mass is 288 g/mol. The maximum absolute atomic E-state index is 12.7. The SMILES string of the molecule is COc1ccc2c(c1)CCCN2C(=O)[C@H]1CCC(=O)NC1. The summed E-state index contributed by atoms with van der Waals surface area (Å²) in [5.41, 5.74) is 2.15. The maximum Gasteiger partial charge on any atom is 0.231 e. The van der Waals surface area contributed by atoms with Crippen LogP contribution in [0.5, 0.6) is 5.75 Å². The van der Waals surface area contributed by atoms with Crippen LogP contribution in [0.4, 0.5) is 5.69 Å². The van der Waals surface area contributed by atoms with Gasteiger partial charge in [0.25, 0.3) is 0 Å². The maximum atomic E-state index is 12.7. The van der Waals surface area contributed by atoms with Crippen LogP contribution in [0.1, 0.15) is 24.8 Å². The quantitative estimate of drug-likeness (QED) is 0.897. The molecule has 0 spiro atoms. The standard InChI is InChI=1S/C16H20N2O3/c1-21-13-5-6-14-11(9-13)3-2-8-18(14)16(20)12-4-7-15(19)17-10-12/h5-6,9,12H,2-4,7-8,10H2,1H3,(H,17,19)/t12-/m0/s1. The molecular weight excluding hydrogens is 268 g/mol. The number of benzene rings is 1. The highest BCUT2D eigenvalue weighted by Gasteiger charge is 2.31. The Morgan fingerprint density at radius 2 is 2.24 bits per heavy atom. The average molecular weight is 288 g/mol. The number of hydrogen-bond acceptors (Lipinski definition) is 3. The first-order valence-electron chi connectivity index (χ1n) is 7.44. The van der Waals surface area contributed by atoms with Gasteiger partial charge in [0.05, 0.1) is 13.0 Å². The molecule has 2 amide bonds. The minimum atomic E-state index is -0.101. The van der Waals surface area contributed by atoms with Gasteiger partial charge in [0.1, 0.15) is 5.75 Å². The lowest BCUT2D eigenvalue weighted by Crippen LogP contribution is -2.46. The third-order valence-corrected chi connectivity index (χ3v) is 4.29. The van der Waals surface area contributed by atoms with Crippen LogP contribution in [0.2, 0.25) is 0 Å². The fourth-order valence-electron chi connectivity index (χ4n) is 3.09. The van der Waals surface area contributed by atoms with Crippen LogP contribution < -0.4 is 15.0 Å². The molecule has 1 N–H and O–H groups in total. The number of ether oxygens (including phenoxy) is 1. The molecule has 1 aromatic rings. The summed E-state index contributed by atoms with van der Waals surface area (Å²) < 4.78 is 5.25. The van der Waals surface area contributed by atoms with Crippen LogP contribution in [0.3, 0.4) is 0 Å². The molecule has 0 aliphatic carbocycles. The summed E-state index contributed by atoms with van der Waals surface area (Å²) in [6.07, 6.45) is 3.02. The van der Waals surface area contributed by atoms with Crippen molar-refractivity contribution >= 4 is 17.5 Å². The second-order valence-electron chi connectivity index (χ2n) is 5.63. The first-order valence-corrected chi connectivity index (χ1v) is 7.44. The molecule has 0 radical (unpaired) electrons. The van der Waals surface area contributed by atoms with Crippen molar-refractivity contribution in [3.63, 3.8) is 0 Å². The topological polar surface area (TPSA) is 58.6 Å². The van der Waals surface area contributed by atoms with E-state index < -0.39 is 0 Å². The normalized spacial score (nSPS) is 21.5. The van der Waals surface area contributed by atoms with E-state index in [1.165, 1.54) is 0 Å². The number of nitrogens with zero attached hydrogens (tertiary/aromatic N) is 1. The predicted octanol–water partition coefficient (Wildman–Crippen LogP) is 1.50. The lowest BCUT2D eigenvalue weighted by molar-refractivity contribution is -0.127. The largest absolute Gasteiger partial charge is 0.497 e. The number of rotatable bonds is 2. The second-order valence-corrected chi connectivity index (χ2v) is 5.63. The van der Waals surface area contributed by atoms with E-state index in [1.54, 1.807) is 7.11 Å². The lowest BCUT2D eigenvalue weighted by atomic mass is 9.94. The zero-order chi connectivity index (χ0) is 14.8. The van der Waals surface area contributed by atoms with Crippen LogP contribution in [0.15, 0.2) is 18.2 Å². The molecule has 0 unspecified atom stereocenters. The molecule has 2 heterocycles. The van der Waals surface area contributed by atoms with Gasteiger partial charge in [-0.25, -0.2) is 0 Å². The molecule has 2 aliphatic heterocycles. The fraction of sp³-hybridized carbons (Fsp3) is 0.500. The van der Waals surface area contributed by atoms with E-state index in [9.17, 15) is 9.59 Å². The minimum absolute atomic E-state index is 0.0443. The molecule has 5 nitrogen and oxygen atoms in total. The number of amides is 2. The molecular formula is C16H20N2O3. The van der Waals surface area contributed by atoms with Gasteiger partial charge in [-0.2, -0.15) is 0 Å². The van der Waals surface area contributed by atoms with Gasteiger partial charge in [-0.15, -0.1) is 0 Å². The third-order valence-electron chi connectivity index (χ3n) is 4.29. The molecule has 21 heavy (non-hydrogen) atoms. The van der Waals surface area contributed by atoms with Crippen molar-refractivity contribution in [1.82, 2.24) is 5.32 Å². The Balaban J connectivity index is 1.81. The van der Waals surface area contributed by atoms with E-state index >= 15 is 0 Å². The van der Waals surface area contributed by atoms with Crippen molar-refractivity contribution in [1.29, 1.82) is 0 Å². The molecule has 0 aromatic heterocycles. The van der Waals surface area contributed by atoms with E-state index in [1.807, 2.05) is 23.1 Å². The minimum Gasteiger partial charge on any atom is -0.497 e. The van der Waals surface area contributed by atoms with Crippen LogP contribution in [-0.4, -0.2) is 32.0 Å². The Morgan fingerprint density at radius 3 is 2.95 bits per heavy atom. The summed E-state index contributed by atoms with van der Waals surface area (Å²) in [7, 11) is 1.65. The summed E-state index contributed by atoms with van der Waals surface area (Å²) >= 11 is 0. The zero-order valence-electron chi connectivity index (χ0n) is 12.2. The molecule has 0 saturated carbocycles. The Morgan fingerprint density at radius 1 is 1.38 bits per heavy atom. The first-order chi connectivity index (χ1) is 10.2. The number of hydrogen-bond donors (Lipinski definition) is 1. The zero-order valence-corrected chi connectivity index (χ0v) is 12.2. The molecule has 112 valence electrons. The number of piperidine rings is 1. The van der Waals surface area contributed by atoms with E-state index in [2.05, 4.69) is 5.32 Å². The van der Waals surface area contributed by atoms with Gasteiger partial charge in [0, 0.05) is 25.2 Å². The van der Waals surface area contributed by atoms with Gasteiger partial charge >= 0.3 is 0 Å². The van der Waals surface area contributed by atoms with Gasteiger partial charge in [-0.05, 0) is 43.0 Å². The smallest absolute Gasteiger partial charge is 0.231 e. The van der Waals surface area contributed by atoms with Gasteiger partial charge in [-0.3, -0.25) is 9.59 Å². The highest BCUT2D eigenvalue weighted by molar-refractivity contribution is 5.97. The Labute approximate surface area is 124 Å². The number of fused-ring (bicyclic) bond motifs is 1. The number of nitrogens with one attached hydrogen (secondary N) is 1. The molecule has 0 bridgehead atoms. The third kappa shape index (κ3) is 2.73. The molecule has 1 fully saturated rings. The van der Waals surface area contributed by atoms with Gasteiger partial charge in [0.2, 0.25) is 11.8 Å². The summed E-state index contributed by atoms with van der Waals surface area (Å²) in [5, 5.41) is 2.79. The van der Waals surface area contributed by atoms with Crippen molar-refractivity contribution in [3.05, 3.63) is 23.8 Å². The first kappa shape index (κ1) is 13.9. The number of carbonyl (C=O) groups is 2. The number of anilines is 1. The van der Waals surface area contributed by atoms with Crippen LogP contribution in [0.25, 0.3) is 0 Å². The van der Waals surface area contributed by atoms with Crippen molar-refractivity contribution in [2.24, 2.45) is 5.92 Å². The van der Waals surface area contributed by atoms with Crippen molar-refractivity contribution in [2.75, 3.05) is 25.1 Å². The highest BCUT2D eigenvalue weighted by atomic mass is 16.5. The molecule has 1 atom stereocenters. The predicted molar refractivity (Wildman–Crippen MR) is 79.4 cm³/mol. The second kappa shape index (κ2) is 5.76. The molecule has 5 heteroatoms. The number of aryl methyl sites for hydroxylation is 1. The lowest BCUT2D eigenvalue weighted by Gasteiger charge is -2.33. The van der Waals surface area contributed by atoms with Crippen molar-refractivity contribution < 1.29 is 14.3 Å². The summed E-state index contributed by atoms with van der Waals surface area (Å²) in [6, 6.07) is 5.87. The van der Waals surface area contributed by atoms with Crippen molar-refractivity contribution in [2.45, 2.75) is 25.7 Å². The molecule has 1 saturated heterocycles. The van der Waals surface area contributed by atoms with E-state index in [-0.39, 0.29) is 17.7 Å². The number of carbonyl (C=O) groups excluding carboxylic acids is 2. The molecule has 2 aliphatic rings. The Bertz CT molecular complexity index is 561. The Hall–Kier alpha value is -2.04. The Kier molecular flexibility index (Phi) is 3.82. The van der Waals surface area contributed by atoms with Gasteiger partial charge in [-0.1, -0.05) is 0 Å². The van der Waals surface area contributed by atoms with Gasteiger partial charge in [0.15, 0.2) is 0 Å². The summed E-state index contributed by atoms with van der Waals surface area (Å²) in [5.74, 6) is 0.896. The molecule has 3 rings (SSSR count). The van der Waals surface area contributed by atoms with E-state index in [4.69, 9.17) is 4.74 Å². The summed E-state index contributed by atoms with van der Waals surface area (Å²) in [4.78, 5) is 25.8. The van der Waals surface area contributed by atoms with Crippen molar-refractivity contribution in [3.8, 4) is 5.75 Å². The molecule has 1 aromatic carbocycles. The number of methoxy groups -OCH3 is 1. The van der Waals surface area contributed by atoms with E-state index in [0.717, 1.165) is 36.4 Å². The van der Waals surface area contributed by atoms with Crippen LogP contribution >= 0.6 is 0 Å².